The summed E-state index contributed by atoms with van der Waals surface area (Å²) in [6.07, 6.45) is 3.60. The first kappa shape index (κ1) is 18.9. The molecule has 0 aliphatic rings. The topological polar surface area (TPSA) is 65.6 Å². The molecule has 0 aliphatic heterocycles. The molecule has 0 aliphatic carbocycles. The molecule has 0 fully saturated rings. The van der Waals surface area contributed by atoms with Crippen molar-refractivity contribution in [2.45, 2.75) is 18.2 Å². The van der Waals surface area contributed by atoms with Crippen LogP contribution in [0.2, 0.25) is 4.34 Å². The minimum atomic E-state index is 0.0252. The highest BCUT2D eigenvalue weighted by Crippen LogP contribution is 2.25. The molecule has 0 N–H and O–H groups in total. The number of nitrogens with zero attached hydrogens (tertiary/aromatic N) is 5. The minimum Gasteiger partial charge on any atom is -0.323 e. The number of fused-ring (bicyclic) bond motifs is 1. The van der Waals surface area contributed by atoms with Gasteiger partial charge in [-0.2, -0.15) is 0 Å². The molecule has 3 aromatic heterocycles. The second-order valence-corrected chi connectivity index (χ2v) is 8.63. The third-order valence-corrected chi connectivity index (χ3v) is 6.36. The molecule has 0 amide bonds. The number of carbonyl (C=O) groups excluding carboxylic acids is 1. The van der Waals surface area contributed by atoms with Crippen molar-refractivity contribution in [2.24, 2.45) is 0 Å². The maximum atomic E-state index is 12.4. The Labute approximate surface area is 174 Å². The second-order valence-electron chi connectivity index (χ2n) is 5.97. The number of thiophene rings is 1. The number of imidazole rings is 1. The molecule has 0 unspecified atom stereocenters. The Balaban J connectivity index is 1.53. The van der Waals surface area contributed by atoms with Crippen molar-refractivity contribution in [1.29, 1.82) is 0 Å². The highest BCUT2D eigenvalue weighted by atomic mass is 35.5. The number of hydrogen-bond acceptors (Lipinski definition) is 6. The van der Waals surface area contributed by atoms with E-state index >= 15 is 0 Å². The molecule has 0 atom stereocenters. The van der Waals surface area contributed by atoms with Gasteiger partial charge in [-0.25, -0.2) is 4.98 Å². The average Bonchev–Trinajstić information content (AvgIpc) is 3.41. The van der Waals surface area contributed by atoms with Crippen molar-refractivity contribution in [1.82, 2.24) is 24.3 Å². The van der Waals surface area contributed by atoms with E-state index in [0.29, 0.717) is 27.5 Å². The number of para-hydroxylation sites is 2. The van der Waals surface area contributed by atoms with Crippen molar-refractivity contribution in [3.8, 4) is 0 Å². The SMILES string of the molecule is C=CCn1c(Cn2cnc3ccccc32)nnc1SCC(=O)c1ccc(Cl)s1. The summed E-state index contributed by atoms with van der Waals surface area (Å²) in [6, 6.07) is 11.4. The van der Waals surface area contributed by atoms with Gasteiger partial charge in [-0.3, -0.25) is 4.79 Å². The van der Waals surface area contributed by atoms with Crippen LogP contribution in [0.5, 0.6) is 0 Å². The normalized spacial score (nSPS) is 11.2. The predicted octanol–water partition coefficient (Wildman–Crippen LogP) is 4.55. The molecule has 1 aromatic carbocycles. The van der Waals surface area contributed by atoms with Gasteiger partial charge < -0.3 is 9.13 Å². The van der Waals surface area contributed by atoms with E-state index in [2.05, 4.69) is 21.8 Å². The molecule has 0 spiro atoms. The van der Waals surface area contributed by atoms with E-state index in [1.807, 2.05) is 33.4 Å². The first-order valence-corrected chi connectivity index (χ1v) is 10.7. The Hall–Kier alpha value is -2.42. The summed E-state index contributed by atoms with van der Waals surface area (Å²) in [5, 5.41) is 9.31. The Kier molecular flexibility index (Phi) is 5.61. The number of Topliss-reactive ketones (excluding diaryl/α,β-unsaturated/α-hetero) is 1. The van der Waals surface area contributed by atoms with Crippen LogP contribution in [-0.4, -0.2) is 35.9 Å². The quantitative estimate of drug-likeness (QED) is 0.233. The van der Waals surface area contributed by atoms with Gasteiger partial charge in [-0.05, 0) is 24.3 Å². The summed E-state index contributed by atoms with van der Waals surface area (Å²) in [5.41, 5.74) is 1.97. The molecule has 3 heterocycles. The molecule has 0 radical (unpaired) electrons. The highest BCUT2D eigenvalue weighted by molar-refractivity contribution is 7.99. The summed E-state index contributed by atoms with van der Waals surface area (Å²) in [4.78, 5) is 17.4. The van der Waals surface area contributed by atoms with Crippen LogP contribution in [0.15, 0.2) is 60.5 Å². The first-order valence-electron chi connectivity index (χ1n) is 8.50. The van der Waals surface area contributed by atoms with Gasteiger partial charge in [-0.15, -0.1) is 28.1 Å². The third-order valence-electron chi connectivity index (χ3n) is 4.12. The lowest BCUT2D eigenvalue weighted by Crippen LogP contribution is -2.09. The van der Waals surface area contributed by atoms with E-state index < -0.39 is 0 Å². The van der Waals surface area contributed by atoms with Crippen molar-refractivity contribution < 1.29 is 4.79 Å². The van der Waals surface area contributed by atoms with Crippen LogP contribution in [0.25, 0.3) is 11.0 Å². The zero-order valence-corrected chi connectivity index (χ0v) is 17.2. The van der Waals surface area contributed by atoms with Crippen LogP contribution in [-0.2, 0) is 13.1 Å². The van der Waals surface area contributed by atoms with Gasteiger partial charge in [0.15, 0.2) is 16.8 Å². The number of carbonyl (C=O) groups is 1. The standard InChI is InChI=1S/C19H16ClN5OS2/c1-2-9-25-18(10-24-12-21-13-5-3-4-6-14(13)24)22-23-19(25)27-11-15(26)16-7-8-17(20)28-16/h2-8,12H,1,9-11H2. The molecule has 4 rings (SSSR count). The first-order chi connectivity index (χ1) is 13.7. The van der Waals surface area contributed by atoms with E-state index in [1.54, 1.807) is 24.5 Å². The van der Waals surface area contributed by atoms with Crippen molar-refractivity contribution >= 4 is 51.5 Å². The largest absolute Gasteiger partial charge is 0.323 e. The fourth-order valence-corrected chi connectivity index (χ4v) is 4.73. The summed E-state index contributed by atoms with van der Waals surface area (Å²) >= 11 is 8.57. The molecule has 0 saturated heterocycles. The Morgan fingerprint density at radius 2 is 2.11 bits per heavy atom. The lowest BCUT2D eigenvalue weighted by atomic mass is 10.3. The number of allylic oxidation sites excluding steroid dienone is 1. The number of benzene rings is 1. The number of thioether (sulfide) groups is 1. The van der Waals surface area contributed by atoms with Crippen LogP contribution < -0.4 is 0 Å². The fraction of sp³-hybridized carbons (Fsp3) is 0.158. The Bertz CT molecular complexity index is 1150. The molecule has 142 valence electrons. The lowest BCUT2D eigenvalue weighted by molar-refractivity contribution is 0.102. The van der Waals surface area contributed by atoms with Gasteiger partial charge in [0.2, 0.25) is 0 Å². The third kappa shape index (κ3) is 3.89. The smallest absolute Gasteiger partial charge is 0.192 e. The van der Waals surface area contributed by atoms with E-state index in [0.717, 1.165) is 16.9 Å². The van der Waals surface area contributed by atoms with E-state index in [4.69, 9.17) is 11.6 Å². The summed E-state index contributed by atoms with van der Waals surface area (Å²) in [5.74, 6) is 1.09. The van der Waals surface area contributed by atoms with Gasteiger partial charge >= 0.3 is 0 Å². The lowest BCUT2D eigenvalue weighted by Gasteiger charge is -2.08. The zero-order valence-electron chi connectivity index (χ0n) is 14.8. The number of halogens is 1. The summed E-state index contributed by atoms with van der Waals surface area (Å²) < 4.78 is 4.62. The maximum absolute atomic E-state index is 12.4. The van der Waals surface area contributed by atoms with E-state index in [-0.39, 0.29) is 11.5 Å². The van der Waals surface area contributed by atoms with Gasteiger partial charge in [0, 0.05) is 6.54 Å². The van der Waals surface area contributed by atoms with Crippen LogP contribution in [0.3, 0.4) is 0 Å². The number of rotatable bonds is 8. The molecule has 4 aromatic rings. The number of hydrogen-bond donors (Lipinski definition) is 0. The molecule has 0 saturated carbocycles. The summed E-state index contributed by atoms with van der Waals surface area (Å²) in [7, 11) is 0. The molecule has 28 heavy (non-hydrogen) atoms. The maximum Gasteiger partial charge on any atom is 0.192 e. The second kappa shape index (κ2) is 8.30. The van der Waals surface area contributed by atoms with Gasteiger partial charge in [-0.1, -0.05) is 41.6 Å². The molecular weight excluding hydrogens is 414 g/mol. The monoisotopic (exact) mass is 429 g/mol. The number of ketones is 1. The molecule has 6 nitrogen and oxygen atoms in total. The zero-order chi connectivity index (χ0) is 19.5. The molecule has 9 heteroatoms. The van der Waals surface area contributed by atoms with Gasteiger partial charge in [0.25, 0.3) is 0 Å². The Morgan fingerprint density at radius 1 is 1.25 bits per heavy atom. The van der Waals surface area contributed by atoms with Crippen molar-refractivity contribution in [3.05, 3.63) is 70.4 Å². The average molecular weight is 430 g/mol. The van der Waals surface area contributed by atoms with Crippen LogP contribution >= 0.6 is 34.7 Å². The highest BCUT2D eigenvalue weighted by Gasteiger charge is 2.16. The minimum absolute atomic E-state index is 0.0252. The predicted molar refractivity (Wildman–Crippen MR) is 113 cm³/mol. The van der Waals surface area contributed by atoms with E-state index in [1.165, 1.54) is 23.1 Å². The van der Waals surface area contributed by atoms with Crippen molar-refractivity contribution in [2.75, 3.05) is 5.75 Å². The van der Waals surface area contributed by atoms with Gasteiger partial charge in [0.05, 0.1) is 38.9 Å². The number of aromatic nitrogens is 5. The fourth-order valence-electron chi connectivity index (χ4n) is 2.81. The van der Waals surface area contributed by atoms with Crippen LogP contribution in [0, 0.1) is 0 Å². The summed E-state index contributed by atoms with van der Waals surface area (Å²) in [6.45, 7) is 4.93. The van der Waals surface area contributed by atoms with Crippen LogP contribution in [0.4, 0.5) is 0 Å². The van der Waals surface area contributed by atoms with Crippen molar-refractivity contribution in [3.63, 3.8) is 0 Å². The van der Waals surface area contributed by atoms with Gasteiger partial charge in [0.1, 0.15) is 0 Å². The Morgan fingerprint density at radius 3 is 2.89 bits per heavy atom. The van der Waals surface area contributed by atoms with E-state index in [9.17, 15) is 4.79 Å². The van der Waals surface area contributed by atoms with Crippen LogP contribution in [0.1, 0.15) is 15.5 Å². The molecular formula is C19H16ClN5OS2. The molecule has 0 bridgehead atoms.